The number of hydrogen-bond acceptors (Lipinski definition) is 4. The fourth-order valence-electron chi connectivity index (χ4n) is 3.10. The zero-order valence-corrected chi connectivity index (χ0v) is 12.8. The number of nitrogens with zero attached hydrogens (tertiary/aromatic N) is 2. The van der Waals surface area contributed by atoms with E-state index in [1.54, 1.807) is 6.20 Å². The summed E-state index contributed by atoms with van der Waals surface area (Å²) in [5.41, 5.74) is 0.887. The molecule has 0 radical (unpaired) electrons. The summed E-state index contributed by atoms with van der Waals surface area (Å²) in [5.74, 6) is -1.31. The lowest BCUT2D eigenvalue weighted by Crippen LogP contribution is -2.41. The highest BCUT2D eigenvalue weighted by Gasteiger charge is 2.47. The molecule has 2 heterocycles. The van der Waals surface area contributed by atoms with Crippen LogP contribution >= 0.6 is 0 Å². The molecule has 0 aromatic carbocycles. The molecule has 3 amide bonds. The number of fused-ring (bicyclic) bond motifs is 1. The molecular weight excluding hydrogens is 294 g/mol. The van der Waals surface area contributed by atoms with E-state index in [1.165, 1.54) is 0 Å². The first kappa shape index (κ1) is 15.4. The molecule has 0 saturated carbocycles. The Morgan fingerprint density at radius 3 is 2.48 bits per heavy atom. The van der Waals surface area contributed by atoms with Crippen LogP contribution in [0.25, 0.3) is 0 Å². The van der Waals surface area contributed by atoms with Crippen LogP contribution in [0.3, 0.4) is 0 Å². The quantitative estimate of drug-likeness (QED) is 0.641. The molecule has 1 saturated heterocycles. The van der Waals surface area contributed by atoms with E-state index in [1.807, 2.05) is 30.4 Å². The highest BCUT2D eigenvalue weighted by molar-refractivity contribution is 6.07. The molecule has 23 heavy (non-hydrogen) atoms. The molecule has 120 valence electrons. The van der Waals surface area contributed by atoms with E-state index in [0.717, 1.165) is 10.6 Å². The Balaban J connectivity index is 1.50. The van der Waals surface area contributed by atoms with Gasteiger partial charge in [0.1, 0.15) is 6.54 Å². The Morgan fingerprint density at radius 2 is 1.87 bits per heavy atom. The highest BCUT2D eigenvalue weighted by atomic mass is 16.2. The van der Waals surface area contributed by atoms with Gasteiger partial charge in [-0.05, 0) is 25.0 Å². The average Bonchev–Trinajstić information content (AvgIpc) is 2.81. The molecule has 0 spiro atoms. The predicted octanol–water partition coefficient (Wildman–Crippen LogP) is 0.691. The van der Waals surface area contributed by atoms with E-state index in [4.69, 9.17) is 0 Å². The van der Waals surface area contributed by atoms with Crippen LogP contribution in [0.2, 0.25) is 0 Å². The average molecular weight is 313 g/mol. The molecule has 2 atom stereocenters. The summed E-state index contributed by atoms with van der Waals surface area (Å²) in [6, 6.07) is 5.61. The molecule has 2 aliphatic rings. The van der Waals surface area contributed by atoms with Crippen LogP contribution in [0.4, 0.5) is 0 Å². The number of aromatic nitrogens is 1. The molecule has 0 unspecified atom stereocenters. The van der Waals surface area contributed by atoms with Crippen molar-refractivity contribution in [1.29, 1.82) is 0 Å². The van der Waals surface area contributed by atoms with Crippen molar-refractivity contribution in [2.75, 3.05) is 13.1 Å². The summed E-state index contributed by atoms with van der Waals surface area (Å²) in [6.07, 6.45) is 7.36. The fourth-order valence-corrected chi connectivity index (χ4v) is 3.10. The van der Waals surface area contributed by atoms with Gasteiger partial charge in [-0.15, -0.1) is 0 Å². The third-order valence-corrected chi connectivity index (χ3v) is 4.33. The number of rotatable bonds is 5. The molecular formula is C17H19N3O3. The Morgan fingerprint density at radius 1 is 1.17 bits per heavy atom. The van der Waals surface area contributed by atoms with Crippen molar-refractivity contribution in [3.63, 3.8) is 0 Å². The van der Waals surface area contributed by atoms with Crippen molar-refractivity contribution in [1.82, 2.24) is 15.2 Å². The number of likely N-dealkylation sites (tertiary alicyclic amines) is 1. The SMILES string of the molecule is O=C(CN1C(=O)[C@H]2CC=CC[C@@H]2C1=O)NCCc1ccccn1. The van der Waals surface area contributed by atoms with Gasteiger partial charge >= 0.3 is 0 Å². The number of hydrogen-bond donors (Lipinski definition) is 1. The lowest BCUT2D eigenvalue weighted by atomic mass is 9.85. The van der Waals surface area contributed by atoms with Crippen LogP contribution in [-0.4, -0.2) is 40.7 Å². The van der Waals surface area contributed by atoms with Crippen LogP contribution in [0, 0.1) is 11.8 Å². The van der Waals surface area contributed by atoms with E-state index in [9.17, 15) is 14.4 Å². The minimum atomic E-state index is -0.311. The topological polar surface area (TPSA) is 79.4 Å². The zero-order chi connectivity index (χ0) is 16.2. The maximum Gasteiger partial charge on any atom is 0.240 e. The number of carbonyl (C=O) groups excluding carboxylic acids is 3. The van der Waals surface area contributed by atoms with Crippen molar-refractivity contribution in [2.24, 2.45) is 11.8 Å². The summed E-state index contributed by atoms with van der Waals surface area (Å²) >= 11 is 0. The predicted molar refractivity (Wildman–Crippen MR) is 83.0 cm³/mol. The third-order valence-electron chi connectivity index (χ3n) is 4.33. The lowest BCUT2D eigenvalue weighted by Gasteiger charge is -2.14. The van der Waals surface area contributed by atoms with Crippen LogP contribution < -0.4 is 5.32 Å². The summed E-state index contributed by atoms with van der Waals surface area (Å²) in [6.45, 7) is 0.243. The van der Waals surface area contributed by atoms with Crippen LogP contribution in [0.1, 0.15) is 18.5 Å². The Kier molecular flexibility index (Phi) is 4.50. The molecule has 0 bridgehead atoms. The standard InChI is InChI=1S/C17H19N3O3/c21-15(19-10-8-12-5-3-4-9-18-12)11-20-16(22)13-6-1-2-7-14(13)17(20)23/h1-5,9,13-14H,6-8,10-11H2,(H,19,21)/t13-,14-/m0/s1. The minimum Gasteiger partial charge on any atom is -0.354 e. The van der Waals surface area contributed by atoms with Crippen LogP contribution in [-0.2, 0) is 20.8 Å². The molecule has 6 heteroatoms. The fraction of sp³-hybridized carbons (Fsp3) is 0.412. The number of allylic oxidation sites excluding steroid dienone is 2. The van der Waals surface area contributed by atoms with E-state index in [2.05, 4.69) is 10.3 Å². The highest BCUT2D eigenvalue weighted by Crippen LogP contribution is 2.34. The largest absolute Gasteiger partial charge is 0.354 e. The number of pyridine rings is 1. The molecule has 3 rings (SSSR count). The van der Waals surface area contributed by atoms with Gasteiger partial charge < -0.3 is 5.32 Å². The van der Waals surface area contributed by atoms with E-state index in [-0.39, 0.29) is 36.1 Å². The van der Waals surface area contributed by atoms with Gasteiger partial charge in [0.25, 0.3) is 0 Å². The van der Waals surface area contributed by atoms with Gasteiger partial charge in [-0.3, -0.25) is 24.3 Å². The maximum absolute atomic E-state index is 12.3. The molecule has 1 aliphatic carbocycles. The maximum atomic E-state index is 12.3. The molecule has 1 aliphatic heterocycles. The van der Waals surface area contributed by atoms with Gasteiger partial charge in [0.15, 0.2) is 0 Å². The van der Waals surface area contributed by atoms with Crippen molar-refractivity contribution >= 4 is 17.7 Å². The Bertz CT molecular complexity index is 616. The summed E-state index contributed by atoms with van der Waals surface area (Å²) in [7, 11) is 0. The zero-order valence-electron chi connectivity index (χ0n) is 12.8. The molecule has 1 aromatic heterocycles. The third kappa shape index (κ3) is 3.31. The summed E-state index contributed by atoms with van der Waals surface area (Å²) in [4.78, 5) is 41.8. The second-order valence-corrected chi connectivity index (χ2v) is 5.84. The second kappa shape index (κ2) is 6.73. The van der Waals surface area contributed by atoms with Crippen LogP contribution in [0.15, 0.2) is 36.5 Å². The summed E-state index contributed by atoms with van der Waals surface area (Å²) in [5, 5.41) is 2.74. The van der Waals surface area contributed by atoms with E-state index in [0.29, 0.717) is 25.8 Å². The molecule has 1 fully saturated rings. The normalized spacial score (nSPS) is 23.0. The van der Waals surface area contributed by atoms with Gasteiger partial charge in [-0.2, -0.15) is 0 Å². The van der Waals surface area contributed by atoms with Gasteiger partial charge in [0.2, 0.25) is 17.7 Å². The molecule has 6 nitrogen and oxygen atoms in total. The minimum absolute atomic E-state index is 0.188. The van der Waals surface area contributed by atoms with E-state index < -0.39 is 0 Å². The number of amides is 3. The Labute approximate surface area is 134 Å². The van der Waals surface area contributed by atoms with Gasteiger partial charge in [0.05, 0.1) is 11.8 Å². The smallest absolute Gasteiger partial charge is 0.240 e. The van der Waals surface area contributed by atoms with Crippen molar-refractivity contribution in [2.45, 2.75) is 19.3 Å². The monoisotopic (exact) mass is 313 g/mol. The van der Waals surface area contributed by atoms with Crippen molar-refractivity contribution in [3.05, 3.63) is 42.2 Å². The van der Waals surface area contributed by atoms with Gasteiger partial charge in [0, 0.05) is 24.9 Å². The first-order valence-electron chi connectivity index (χ1n) is 7.83. The van der Waals surface area contributed by atoms with Crippen molar-refractivity contribution < 1.29 is 14.4 Å². The number of carbonyl (C=O) groups is 3. The Hall–Kier alpha value is -2.50. The van der Waals surface area contributed by atoms with Gasteiger partial charge in [-0.25, -0.2) is 0 Å². The van der Waals surface area contributed by atoms with Gasteiger partial charge in [-0.1, -0.05) is 18.2 Å². The molecule has 1 N–H and O–H groups in total. The van der Waals surface area contributed by atoms with Crippen molar-refractivity contribution in [3.8, 4) is 0 Å². The number of nitrogens with one attached hydrogen (secondary N) is 1. The second-order valence-electron chi connectivity index (χ2n) is 5.84. The van der Waals surface area contributed by atoms with Crippen LogP contribution in [0.5, 0.6) is 0 Å². The summed E-state index contributed by atoms with van der Waals surface area (Å²) < 4.78 is 0. The first-order valence-corrected chi connectivity index (χ1v) is 7.83. The first-order chi connectivity index (χ1) is 11.2. The van der Waals surface area contributed by atoms with E-state index >= 15 is 0 Å². The molecule has 1 aromatic rings. The lowest BCUT2D eigenvalue weighted by molar-refractivity contribution is -0.143. The number of imide groups is 1.